The first-order chi connectivity index (χ1) is 6.06. The van der Waals surface area contributed by atoms with Gasteiger partial charge in [0.1, 0.15) is 0 Å². The lowest BCUT2D eigenvalue weighted by Crippen LogP contribution is -2.35. The highest BCUT2D eigenvalue weighted by Crippen LogP contribution is 2.41. The standard InChI is InChI=1S/C9H14I4/c1-5-2-6(8(12)4-10)3-7(11)9(5)13/h5-9H,2-4H2,1H3. The molecule has 0 saturated heterocycles. The van der Waals surface area contributed by atoms with Crippen LogP contribution in [0.1, 0.15) is 19.8 Å². The zero-order valence-electron chi connectivity index (χ0n) is 7.52. The Balaban J connectivity index is 2.53. The summed E-state index contributed by atoms with van der Waals surface area (Å²) in [6.45, 7) is 2.42. The zero-order valence-corrected chi connectivity index (χ0v) is 16.1. The number of rotatable bonds is 2. The zero-order chi connectivity index (χ0) is 10.0. The lowest BCUT2D eigenvalue weighted by molar-refractivity contribution is 0.317. The van der Waals surface area contributed by atoms with Crippen LogP contribution in [0.2, 0.25) is 0 Å². The molecule has 0 bridgehead atoms. The molecule has 5 unspecified atom stereocenters. The summed E-state index contributed by atoms with van der Waals surface area (Å²) >= 11 is 10.5. The maximum absolute atomic E-state index is 2.65. The minimum atomic E-state index is 0.891. The predicted molar refractivity (Wildman–Crippen MR) is 94.2 cm³/mol. The Morgan fingerprint density at radius 1 is 1.31 bits per heavy atom. The summed E-state index contributed by atoms with van der Waals surface area (Å²) in [6.07, 6.45) is 2.89. The average molecular weight is 630 g/mol. The van der Waals surface area contributed by atoms with E-state index in [4.69, 9.17) is 0 Å². The third kappa shape index (κ3) is 4.01. The Bertz CT molecular complexity index is 150. The first kappa shape index (κ1) is 14.0. The minimum absolute atomic E-state index is 0.891. The van der Waals surface area contributed by atoms with Crippen LogP contribution in [0.4, 0.5) is 0 Å². The molecule has 1 fully saturated rings. The summed E-state index contributed by atoms with van der Waals surface area (Å²) in [6, 6.07) is 0. The van der Waals surface area contributed by atoms with E-state index in [1.807, 2.05) is 0 Å². The van der Waals surface area contributed by atoms with Crippen molar-refractivity contribution in [2.75, 3.05) is 4.43 Å². The molecule has 4 heteroatoms. The van der Waals surface area contributed by atoms with Crippen LogP contribution in [-0.2, 0) is 0 Å². The molecule has 5 atom stereocenters. The number of hydrogen-bond acceptors (Lipinski definition) is 0. The van der Waals surface area contributed by atoms with Gasteiger partial charge in [0, 0.05) is 16.2 Å². The average Bonchev–Trinajstić information content (AvgIpc) is 2.12. The Morgan fingerprint density at radius 3 is 2.38 bits per heavy atom. The smallest absolute Gasteiger partial charge is 0.0253 e. The molecule has 1 saturated carbocycles. The van der Waals surface area contributed by atoms with E-state index in [1.165, 1.54) is 17.3 Å². The van der Waals surface area contributed by atoms with Gasteiger partial charge in [-0.1, -0.05) is 97.3 Å². The van der Waals surface area contributed by atoms with Gasteiger partial charge in [-0.05, 0) is 24.7 Å². The normalized spacial score (nSPS) is 43.2. The Morgan fingerprint density at radius 2 is 1.92 bits per heavy atom. The van der Waals surface area contributed by atoms with E-state index in [2.05, 4.69) is 97.3 Å². The van der Waals surface area contributed by atoms with Gasteiger partial charge in [0.15, 0.2) is 0 Å². The van der Waals surface area contributed by atoms with Crippen LogP contribution in [0.3, 0.4) is 0 Å². The molecule has 0 heterocycles. The Hall–Kier alpha value is 2.92. The monoisotopic (exact) mass is 630 g/mol. The highest BCUT2D eigenvalue weighted by Gasteiger charge is 2.34. The van der Waals surface area contributed by atoms with E-state index in [1.54, 1.807) is 0 Å². The van der Waals surface area contributed by atoms with Gasteiger partial charge in [0.05, 0.1) is 0 Å². The molecule has 0 N–H and O–H groups in total. The fraction of sp³-hybridized carbons (Fsp3) is 1.00. The van der Waals surface area contributed by atoms with E-state index in [0.717, 1.165) is 23.6 Å². The molecule has 0 spiro atoms. The molecule has 0 nitrogen and oxygen atoms in total. The summed E-state index contributed by atoms with van der Waals surface area (Å²) < 4.78 is 3.99. The Kier molecular flexibility index (Phi) is 7.11. The quantitative estimate of drug-likeness (QED) is 0.302. The molecule has 1 aliphatic rings. The van der Waals surface area contributed by atoms with Crippen molar-refractivity contribution in [2.24, 2.45) is 11.8 Å². The van der Waals surface area contributed by atoms with Crippen LogP contribution in [0.5, 0.6) is 0 Å². The largest absolute Gasteiger partial charge is 0.0852 e. The highest BCUT2D eigenvalue weighted by molar-refractivity contribution is 14.1. The fourth-order valence-electron chi connectivity index (χ4n) is 1.90. The van der Waals surface area contributed by atoms with E-state index in [0.29, 0.717) is 0 Å². The maximum atomic E-state index is 2.65. The second-order valence-corrected chi connectivity index (χ2v) is 9.36. The van der Waals surface area contributed by atoms with Crippen LogP contribution in [0, 0.1) is 11.8 Å². The topological polar surface area (TPSA) is 0 Å². The molecule has 78 valence electrons. The molecule has 0 aromatic heterocycles. The van der Waals surface area contributed by atoms with Crippen LogP contribution < -0.4 is 0 Å². The van der Waals surface area contributed by atoms with Gasteiger partial charge >= 0.3 is 0 Å². The summed E-state index contributed by atoms with van der Waals surface area (Å²) in [5.74, 6) is 1.89. The van der Waals surface area contributed by atoms with Crippen molar-refractivity contribution in [3.63, 3.8) is 0 Å². The molecule has 0 radical (unpaired) electrons. The van der Waals surface area contributed by atoms with Crippen molar-refractivity contribution in [2.45, 2.75) is 31.5 Å². The van der Waals surface area contributed by atoms with Crippen LogP contribution >= 0.6 is 90.4 Å². The molecule has 1 rings (SSSR count). The van der Waals surface area contributed by atoms with E-state index in [-0.39, 0.29) is 0 Å². The molecule has 0 amide bonds. The highest BCUT2D eigenvalue weighted by atomic mass is 127. The summed E-state index contributed by atoms with van der Waals surface area (Å²) in [7, 11) is 0. The molecule has 1 aliphatic carbocycles. The molecular weight excluding hydrogens is 616 g/mol. The fourth-order valence-corrected chi connectivity index (χ4v) is 5.16. The van der Waals surface area contributed by atoms with Crippen LogP contribution in [-0.4, -0.2) is 16.2 Å². The number of hydrogen-bond donors (Lipinski definition) is 0. The van der Waals surface area contributed by atoms with Crippen molar-refractivity contribution in [1.82, 2.24) is 0 Å². The van der Waals surface area contributed by atoms with E-state index in [9.17, 15) is 0 Å². The lowest BCUT2D eigenvalue weighted by atomic mass is 9.81. The van der Waals surface area contributed by atoms with Crippen molar-refractivity contribution in [1.29, 1.82) is 0 Å². The Labute approximate surface area is 136 Å². The first-order valence-electron chi connectivity index (χ1n) is 4.54. The molecular formula is C9H14I4. The van der Waals surface area contributed by atoms with Gasteiger partial charge in [-0.15, -0.1) is 0 Å². The van der Waals surface area contributed by atoms with E-state index < -0.39 is 0 Å². The molecule has 0 aliphatic heterocycles. The SMILES string of the molecule is CC1CC(C(I)CI)CC(I)C1I. The summed E-state index contributed by atoms with van der Waals surface area (Å²) in [5, 5.41) is 0. The van der Waals surface area contributed by atoms with Gasteiger partial charge in [-0.3, -0.25) is 0 Å². The van der Waals surface area contributed by atoms with Gasteiger partial charge in [0.2, 0.25) is 0 Å². The number of halogens is 4. The van der Waals surface area contributed by atoms with Gasteiger partial charge in [0.25, 0.3) is 0 Å². The molecule has 0 aromatic carbocycles. The van der Waals surface area contributed by atoms with Gasteiger partial charge in [-0.25, -0.2) is 0 Å². The van der Waals surface area contributed by atoms with Crippen LogP contribution in [0.25, 0.3) is 0 Å². The summed E-state index contributed by atoms with van der Waals surface area (Å²) in [4.78, 5) is 0. The van der Waals surface area contributed by atoms with Crippen molar-refractivity contribution in [3.8, 4) is 0 Å². The second-order valence-electron chi connectivity index (χ2n) is 3.84. The summed E-state index contributed by atoms with van der Waals surface area (Å²) in [5.41, 5.74) is 0. The maximum Gasteiger partial charge on any atom is 0.0253 e. The van der Waals surface area contributed by atoms with Crippen molar-refractivity contribution in [3.05, 3.63) is 0 Å². The minimum Gasteiger partial charge on any atom is -0.0852 e. The second kappa shape index (κ2) is 6.61. The predicted octanol–water partition coefficient (Wildman–Crippen LogP) is 4.88. The van der Waals surface area contributed by atoms with Crippen molar-refractivity contribution < 1.29 is 0 Å². The van der Waals surface area contributed by atoms with E-state index >= 15 is 0 Å². The van der Waals surface area contributed by atoms with Crippen molar-refractivity contribution >= 4 is 90.4 Å². The third-order valence-corrected chi connectivity index (χ3v) is 11.6. The molecule has 13 heavy (non-hydrogen) atoms. The third-order valence-electron chi connectivity index (χ3n) is 2.75. The van der Waals surface area contributed by atoms with Gasteiger partial charge in [-0.2, -0.15) is 0 Å². The first-order valence-corrected chi connectivity index (χ1v) is 9.80. The van der Waals surface area contributed by atoms with Crippen LogP contribution in [0.15, 0.2) is 0 Å². The molecule has 0 aromatic rings. The van der Waals surface area contributed by atoms with Gasteiger partial charge < -0.3 is 0 Å². The number of alkyl halides is 4. The lowest BCUT2D eigenvalue weighted by Gasteiger charge is -2.37.